The van der Waals surface area contributed by atoms with Gasteiger partial charge in [0.25, 0.3) is 0 Å². The largest absolute Gasteiger partial charge is 0.456 e. The third-order valence-electron chi connectivity index (χ3n) is 5.66. The minimum atomic E-state index is -1.06. The summed E-state index contributed by atoms with van der Waals surface area (Å²) in [6, 6.07) is 4.20. The van der Waals surface area contributed by atoms with E-state index in [1.165, 1.54) is 23.1 Å². The summed E-state index contributed by atoms with van der Waals surface area (Å²) in [4.78, 5) is 42.4. The highest BCUT2D eigenvalue weighted by molar-refractivity contribution is 9.10. The molecule has 0 aliphatic carbocycles. The van der Waals surface area contributed by atoms with Gasteiger partial charge in [-0.3, -0.25) is 9.59 Å². The lowest BCUT2D eigenvalue weighted by Crippen LogP contribution is -2.47. The van der Waals surface area contributed by atoms with Gasteiger partial charge in [-0.1, -0.05) is 27.5 Å². The molecule has 1 aromatic carbocycles. The molecule has 2 aliphatic heterocycles. The highest BCUT2D eigenvalue weighted by atomic mass is 79.9. The highest BCUT2D eigenvalue weighted by Gasteiger charge is 2.44. The van der Waals surface area contributed by atoms with E-state index in [1.54, 1.807) is 6.07 Å². The molecule has 1 unspecified atom stereocenters. The minimum absolute atomic E-state index is 0.0609. The lowest BCUT2D eigenvalue weighted by Gasteiger charge is -2.33. The van der Waals surface area contributed by atoms with Crippen LogP contribution in [0.5, 0.6) is 0 Å². The van der Waals surface area contributed by atoms with Crippen LogP contribution in [0.1, 0.15) is 35.2 Å². The Hall–Kier alpha value is -2.85. The predicted octanol–water partition coefficient (Wildman–Crippen LogP) is 3.93. The predicted molar refractivity (Wildman–Crippen MR) is 119 cm³/mol. The first-order chi connectivity index (χ1) is 15.7. The van der Waals surface area contributed by atoms with Crippen LogP contribution >= 0.6 is 27.5 Å². The number of halogens is 4. The van der Waals surface area contributed by atoms with Crippen LogP contribution in [0, 0.1) is 11.8 Å². The standard InChI is InChI=1S/C22H17BrClF2N3O4/c23-13-3-4-14(24)20(25)19(13)10-7-11-1-5-15(29(11)18(31)8-10)22(32)33-9-16(30)12-2-6-17(27)28-21(12)26/h2-4,6,8,11,15H,1,5,7,9H2,(H2,27,28)/t11?,15-/m0/s1. The van der Waals surface area contributed by atoms with Crippen LogP contribution in [0.2, 0.25) is 5.02 Å². The third kappa shape index (κ3) is 4.49. The number of amides is 1. The van der Waals surface area contributed by atoms with Gasteiger partial charge in [0.05, 0.1) is 10.6 Å². The molecule has 2 N–H and O–H groups in total. The Bertz CT molecular complexity index is 1210. The van der Waals surface area contributed by atoms with Crippen molar-refractivity contribution in [2.45, 2.75) is 31.3 Å². The molecule has 11 heteroatoms. The van der Waals surface area contributed by atoms with Crippen LogP contribution in [0.3, 0.4) is 0 Å². The summed E-state index contributed by atoms with van der Waals surface area (Å²) < 4.78 is 34.0. The number of Topliss-reactive ketones (excluding diaryl/α,β-unsaturated/α-hetero) is 1. The molecule has 172 valence electrons. The molecule has 1 fully saturated rings. The van der Waals surface area contributed by atoms with Crippen molar-refractivity contribution in [3.8, 4) is 0 Å². The van der Waals surface area contributed by atoms with Crippen LogP contribution in [0.4, 0.5) is 14.6 Å². The fraction of sp³-hybridized carbons (Fsp3) is 0.273. The number of pyridine rings is 1. The molecule has 1 saturated heterocycles. The highest BCUT2D eigenvalue weighted by Crippen LogP contribution is 2.40. The molecule has 1 amide bonds. The number of ether oxygens (including phenoxy) is 1. The van der Waals surface area contributed by atoms with E-state index in [2.05, 4.69) is 20.9 Å². The number of carbonyl (C=O) groups is 3. The Morgan fingerprint density at radius 1 is 1.24 bits per heavy atom. The molecule has 1 aromatic heterocycles. The fourth-order valence-electron chi connectivity index (χ4n) is 4.15. The number of aromatic nitrogens is 1. The zero-order chi connectivity index (χ0) is 23.9. The van der Waals surface area contributed by atoms with Crippen molar-refractivity contribution >= 4 is 56.6 Å². The van der Waals surface area contributed by atoms with E-state index < -0.39 is 42.1 Å². The summed E-state index contributed by atoms with van der Waals surface area (Å²) in [5.41, 5.74) is 5.70. The Morgan fingerprint density at radius 3 is 2.73 bits per heavy atom. The van der Waals surface area contributed by atoms with Gasteiger partial charge in [0.2, 0.25) is 17.6 Å². The van der Waals surface area contributed by atoms with Crippen molar-refractivity contribution in [2.24, 2.45) is 0 Å². The minimum Gasteiger partial charge on any atom is -0.456 e. The summed E-state index contributed by atoms with van der Waals surface area (Å²) in [7, 11) is 0. The number of anilines is 1. The Balaban J connectivity index is 1.47. The number of carbonyl (C=O) groups excluding carboxylic acids is 3. The Labute approximate surface area is 200 Å². The van der Waals surface area contributed by atoms with E-state index in [9.17, 15) is 23.2 Å². The first-order valence-electron chi connectivity index (χ1n) is 9.96. The summed E-state index contributed by atoms with van der Waals surface area (Å²) in [5, 5.41) is -0.0609. The van der Waals surface area contributed by atoms with Gasteiger partial charge in [-0.05, 0) is 49.1 Å². The lowest BCUT2D eigenvalue weighted by atomic mass is 9.93. The number of ketones is 1. The average Bonchev–Trinajstić information content (AvgIpc) is 3.19. The molecule has 2 aliphatic rings. The first kappa shape index (κ1) is 23.3. The molecule has 0 spiro atoms. The van der Waals surface area contributed by atoms with Gasteiger partial charge in [0.15, 0.2) is 6.61 Å². The third-order valence-corrected chi connectivity index (χ3v) is 6.62. The van der Waals surface area contributed by atoms with E-state index in [0.717, 1.165) is 6.07 Å². The average molecular weight is 541 g/mol. The second kappa shape index (κ2) is 9.18. The number of hydrogen-bond acceptors (Lipinski definition) is 6. The van der Waals surface area contributed by atoms with Gasteiger partial charge in [0.1, 0.15) is 17.7 Å². The van der Waals surface area contributed by atoms with Crippen molar-refractivity contribution in [3.63, 3.8) is 0 Å². The second-order valence-electron chi connectivity index (χ2n) is 7.69. The maximum absolute atomic E-state index is 14.6. The van der Waals surface area contributed by atoms with Crippen LogP contribution in [-0.2, 0) is 14.3 Å². The molecule has 33 heavy (non-hydrogen) atoms. The zero-order valence-corrected chi connectivity index (χ0v) is 19.3. The van der Waals surface area contributed by atoms with Gasteiger partial charge >= 0.3 is 5.97 Å². The lowest BCUT2D eigenvalue weighted by molar-refractivity contribution is -0.152. The normalized spacial score (nSPS) is 19.8. The van der Waals surface area contributed by atoms with Gasteiger partial charge in [-0.25, -0.2) is 14.2 Å². The monoisotopic (exact) mass is 539 g/mol. The van der Waals surface area contributed by atoms with Crippen molar-refractivity contribution in [2.75, 3.05) is 12.3 Å². The number of rotatable bonds is 5. The molecular weight excluding hydrogens is 524 g/mol. The molecule has 0 radical (unpaired) electrons. The Kier molecular flexibility index (Phi) is 6.49. The van der Waals surface area contributed by atoms with Gasteiger partial charge in [-0.15, -0.1) is 0 Å². The molecule has 3 heterocycles. The number of nitrogens with zero attached hydrogens (tertiary/aromatic N) is 2. The van der Waals surface area contributed by atoms with Crippen molar-refractivity contribution < 1.29 is 27.9 Å². The van der Waals surface area contributed by atoms with Crippen LogP contribution in [-0.4, -0.2) is 46.2 Å². The molecule has 0 saturated carbocycles. The van der Waals surface area contributed by atoms with Crippen molar-refractivity contribution in [1.82, 2.24) is 9.88 Å². The summed E-state index contributed by atoms with van der Waals surface area (Å²) in [6.45, 7) is -0.702. The maximum Gasteiger partial charge on any atom is 0.329 e. The van der Waals surface area contributed by atoms with E-state index in [0.29, 0.717) is 29.3 Å². The van der Waals surface area contributed by atoms with Gasteiger partial charge in [0, 0.05) is 22.2 Å². The van der Waals surface area contributed by atoms with E-state index in [1.807, 2.05) is 0 Å². The SMILES string of the molecule is Nc1ccc(C(=O)COC(=O)[C@@H]2CCC3CC(c4c(Br)ccc(Cl)c4F)=CC(=O)N32)c(F)n1. The number of esters is 1. The maximum atomic E-state index is 14.6. The number of benzene rings is 1. The topological polar surface area (TPSA) is 103 Å². The summed E-state index contributed by atoms with van der Waals surface area (Å²) in [6.07, 6.45) is 2.42. The molecule has 4 rings (SSSR count). The van der Waals surface area contributed by atoms with Crippen LogP contribution in [0.15, 0.2) is 34.8 Å². The fourth-order valence-corrected chi connectivity index (χ4v) is 4.87. The molecule has 2 aromatic rings. The number of nitrogens with two attached hydrogens (primary N) is 1. The van der Waals surface area contributed by atoms with Crippen LogP contribution < -0.4 is 5.73 Å². The number of fused-ring (bicyclic) bond motifs is 1. The van der Waals surface area contributed by atoms with Gasteiger partial charge in [-0.2, -0.15) is 4.39 Å². The smallest absolute Gasteiger partial charge is 0.329 e. The van der Waals surface area contributed by atoms with E-state index >= 15 is 0 Å². The molecular formula is C22H17BrClF2N3O4. The Morgan fingerprint density at radius 2 is 2.00 bits per heavy atom. The molecule has 7 nitrogen and oxygen atoms in total. The quantitative estimate of drug-likeness (QED) is 0.267. The van der Waals surface area contributed by atoms with Gasteiger partial charge < -0.3 is 15.4 Å². The summed E-state index contributed by atoms with van der Waals surface area (Å²) in [5.74, 6) is -3.78. The van der Waals surface area contributed by atoms with E-state index in [4.69, 9.17) is 22.1 Å². The number of hydrogen-bond donors (Lipinski definition) is 1. The molecule has 0 bridgehead atoms. The summed E-state index contributed by atoms with van der Waals surface area (Å²) >= 11 is 9.20. The van der Waals surface area contributed by atoms with Crippen LogP contribution in [0.25, 0.3) is 5.57 Å². The van der Waals surface area contributed by atoms with E-state index in [-0.39, 0.29) is 28.0 Å². The first-order valence-corrected chi connectivity index (χ1v) is 11.1. The zero-order valence-electron chi connectivity index (χ0n) is 17.0. The van der Waals surface area contributed by atoms with Crippen molar-refractivity contribution in [3.05, 3.63) is 62.7 Å². The van der Waals surface area contributed by atoms with Crippen molar-refractivity contribution in [1.29, 1.82) is 0 Å². The second-order valence-corrected chi connectivity index (χ2v) is 8.95. The number of nitrogen functional groups attached to an aromatic ring is 1. The molecule has 2 atom stereocenters.